The molecule has 5 nitrogen and oxygen atoms in total. The van der Waals surface area contributed by atoms with Crippen LogP contribution < -0.4 is 10.2 Å². The van der Waals surface area contributed by atoms with Gasteiger partial charge in [-0.05, 0) is 42.7 Å². The largest absolute Gasteiger partial charge is 0.378 e. The summed E-state index contributed by atoms with van der Waals surface area (Å²) < 4.78 is 18.5. The minimum Gasteiger partial charge on any atom is -0.378 e. The van der Waals surface area contributed by atoms with Crippen LogP contribution in [0.4, 0.5) is 15.9 Å². The van der Waals surface area contributed by atoms with E-state index >= 15 is 0 Å². The van der Waals surface area contributed by atoms with Gasteiger partial charge in [0.25, 0.3) is 0 Å². The Labute approximate surface area is 145 Å². The molecule has 25 heavy (non-hydrogen) atoms. The number of pyridine rings is 1. The zero-order valence-corrected chi connectivity index (χ0v) is 13.9. The number of ether oxygens (including phenoxy) is 1. The average Bonchev–Trinajstić information content (AvgIpc) is 3.46. The molecule has 1 amide bonds. The Bertz CT molecular complexity index is 751. The van der Waals surface area contributed by atoms with Gasteiger partial charge in [-0.25, -0.2) is 9.37 Å². The highest BCUT2D eigenvalue weighted by Gasteiger charge is 2.51. The summed E-state index contributed by atoms with van der Waals surface area (Å²) in [7, 11) is 0. The summed E-state index contributed by atoms with van der Waals surface area (Å²) >= 11 is 0. The average molecular weight is 341 g/mol. The molecule has 0 radical (unpaired) electrons. The summed E-state index contributed by atoms with van der Waals surface area (Å²) in [5.74, 6) is 0.545. The minimum absolute atomic E-state index is 0.0555. The van der Waals surface area contributed by atoms with Gasteiger partial charge >= 0.3 is 0 Å². The van der Waals surface area contributed by atoms with Gasteiger partial charge in [-0.3, -0.25) is 4.79 Å². The van der Waals surface area contributed by atoms with Gasteiger partial charge < -0.3 is 15.0 Å². The molecular formula is C19H20FN3O2. The third kappa shape index (κ3) is 3.22. The second-order valence-corrected chi connectivity index (χ2v) is 6.55. The molecule has 1 aliphatic heterocycles. The van der Waals surface area contributed by atoms with Crippen LogP contribution in [0.25, 0.3) is 0 Å². The van der Waals surface area contributed by atoms with Gasteiger partial charge in [0.05, 0.1) is 30.5 Å². The Balaban J connectivity index is 1.44. The van der Waals surface area contributed by atoms with Crippen molar-refractivity contribution in [2.75, 3.05) is 36.5 Å². The highest BCUT2D eigenvalue weighted by molar-refractivity contribution is 6.01. The van der Waals surface area contributed by atoms with Crippen LogP contribution in [0, 0.1) is 5.82 Å². The number of carbonyl (C=O) groups is 1. The fourth-order valence-corrected chi connectivity index (χ4v) is 3.23. The number of morpholine rings is 1. The second kappa shape index (κ2) is 6.44. The summed E-state index contributed by atoms with van der Waals surface area (Å²) in [6.45, 7) is 3.07. The quantitative estimate of drug-likeness (QED) is 0.929. The lowest BCUT2D eigenvalue weighted by Crippen LogP contribution is -2.36. The zero-order valence-electron chi connectivity index (χ0n) is 13.9. The number of aromatic nitrogens is 1. The molecule has 2 aliphatic rings. The molecule has 1 saturated heterocycles. The molecule has 0 atom stereocenters. The maximum atomic E-state index is 13.1. The number of benzene rings is 1. The number of carbonyl (C=O) groups excluding carboxylic acids is 1. The smallest absolute Gasteiger partial charge is 0.235 e. The van der Waals surface area contributed by atoms with Crippen LogP contribution in [0.2, 0.25) is 0 Å². The van der Waals surface area contributed by atoms with E-state index in [-0.39, 0.29) is 11.7 Å². The van der Waals surface area contributed by atoms with E-state index in [1.807, 2.05) is 12.1 Å². The Hall–Kier alpha value is -2.47. The number of nitrogens with zero attached hydrogens (tertiary/aromatic N) is 2. The summed E-state index contributed by atoms with van der Waals surface area (Å²) in [6, 6.07) is 9.99. The molecule has 2 fully saturated rings. The lowest BCUT2D eigenvalue weighted by Gasteiger charge is -2.27. The Morgan fingerprint density at radius 3 is 2.44 bits per heavy atom. The highest BCUT2D eigenvalue weighted by atomic mass is 19.1. The van der Waals surface area contributed by atoms with E-state index in [4.69, 9.17) is 4.74 Å². The fraction of sp³-hybridized carbons (Fsp3) is 0.368. The molecule has 1 aromatic carbocycles. The molecule has 1 aromatic heterocycles. The molecule has 1 aliphatic carbocycles. The lowest BCUT2D eigenvalue weighted by atomic mass is 9.95. The molecule has 1 saturated carbocycles. The van der Waals surface area contributed by atoms with Crippen LogP contribution in [0.5, 0.6) is 0 Å². The monoisotopic (exact) mass is 341 g/mol. The van der Waals surface area contributed by atoms with E-state index in [2.05, 4.69) is 15.2 Å². The van der Waals surface area contributed by atoms with E-state index in [9.17, 15) is 9.18 Å². The van der Waals surface area contributed by atoms with Crippen LogP contribution in [-0.4, -0.2) is 37.2 Å². The molecule has 2 aromatic rings. The van der Waals surface area contributed by atoms with Crippen LogP contribution >= 0.6 is 0 Å². The van der Waals surface area contributed by atoms with Crippen molar-refractivity contribution in [1.29, 1.82) is 0 Å². The Morgan fingerprint density at radius 2 is 1.84 bits per heavy atom. The first-order valence-corrected chi connectivity index (χ1v) is 8.54. The lowest BCUT2D eigenvalue weighted by molar-refractivity contribution is -0.118. The normalized spacial score (nSPS) is 18.7. The molecule has 1 N–H and O–H groups in total. The van der Waals surface area contributed by atoms with Gasteiger partial charge in [-0.15, -0.1) is 0 Å². The Kier molecular flexibility index (Phi) is 4.13. The van der Waals surface area contributed by atoms with Crippen molar-refractivity contribution in [2.45, 2.75) is 18.3 Å². The topological polar surface area (TPSA) is 54.5 Å². The van der Waals surface area contributed by atoms with Gasteiger partial charge in [-0.1, -0.05) is 12.1 Å². The SMILES string of the molecule is O=C(Nc1ccc(N2CCOCC2)nc1)C1(c2ccc(F)cc2)CC1. The van der Waals surface area contributed by atoms with E-state index in [0.717, 1.165) is 37.3 Å². The molecule has 0 bridgehead atoms. The standard InChI is InChI=1S/C19H20FN3O2/c20-15-3-1-14(2-4-15)19(7-8-19)18(24)22-16-5-6-17(21-13-16)23-9-11-25-12-10-23/h1-6,13H,7-12H2,(H,22,24). The first-order valence-electron chi connectivity index (χ1n) is 8.54. The molecule has 6 heteroatoms. The van der Waals surface area contributed by atoms with Gasteiger partial charge in [0.15, 0.2) is 0 Å². The number of rotatable bonds is 4. The maximum absolute atomic E-state index is 13.1. The molecular weight excluding hydrogens is 321 g/mol. The van der Waals surface area contributed by atoms with Gasteiger partial charge in [0, 0.05) is 13.1 Å². The van der Waals surface area contributed by atoms with Crippen LogP contribution in [0.3, 0.4) is 0 Å². The van der Waals surface area contributed by atoms with Gasteiger partial charge in [0.2, 0.25) is 5.91 Å². The van der Waals surface area contributed by atoms with Gasteiger partial charge in [0.1, 0.15) is 11.6 Å². The molecule has 0 unspecified atom stereocenters. The zero-order chi connectivity index (χ0) is 17.3. The fourth-order valence-electron chi connectivity index (χ4n) is 3.23. The van der Waals surface area contributed by atoms with Crippen molar-refractivity contribution >= 4 is 17.4 Å². The van der Waals surface area contributed by atoms with Crippen LogP contribution in [0.15, 0.2) is 42.6 Å². The van der Waals surface area contributed by atoms with Crippen molar-refractivity contribution in [3.8, 4) is 0 Å². The Morgan fingerprint density at radius 1 is 1.12 bits per heavy atom. The summed E-state index contributed by atoms with van der Waals surface area (Å²) in [5, 5.41) is 2.95. The number of amides is 1. The predicted molar refractivity (Wildman–Crippen MR) is 93.2 cm³/mol. The van der Waals surface area contributed by atoms with Crippen LogP contribution in [-0.2, 0) is 14.9 Å². The number of halogens is 1. The first kappa shape index (κ1) is 16.0. The van der Waals surface area contributed by atoms with Crippen molar-refractivity contribution < 1.29 is 13.9 Å². The van der Waals surface area contributed by atoms with Crippen molar-refractivity contribution in [3.05, 3.63) is 54.0 Å². The third-order valence-electron chi connectivity index (χ3n) is 4.92. The molecule has 0 spiro atoms. The van der Waals surface area contributed by atoms with E-state index in [1.54, 1.807) is 18.3 Å². The number of hydrogen-bond donors (Lipinski definition) is 1. The molecule has 4 rings (SSSR count). The van der Waals surface area contributed by atoms with E-state index in [1.165, 1.54) is 12.1 Å². The summed E-state index contributed by atoms with van der Waals surface area (Å²) in [6.07, 6.45) is 3.25. The van der Waals surface area contributed by atoms with Crippen LogP contribution in [0.1, 0.15) is 18.4 Å². The van der Waals surface area contributed by atoms with E-state index in [0.29, 0.717) is 18.9 Å². The third-order valence-corrected chi connectivity index (χ3v) is 4.92. The highest BCUT2D eigenvalue weighted by Crippen LogP contribution is 2.49. The van der Waals surface area contributed by atoms with Crippen molar-refractivity contribution in [2.24, 2.45) is 0 Å². The number of hydrogen-bond acceptors (Lipinski definition) is 4. The number of anilines is 2. The molecule has 2 heterocycles. The first-order chi connectivity index (χ1) is 12.2. The summed E-state index contributed by atoms with van der Waals surface area (Å²) in [5.41, 5.74) is 1.01. The maximum Gasteiger partial charge on any atom is 0.235 e. The van der Waals surface area contributed by atoms with Crippen molar-refractivity contribution in [3.63, 3.8) is 0 Å². The van der Waals surface area contributed by atoms with E-state index < -0.39 is 5.41 Å². The number of nitrogens with one attached hydrogen (secondary N) is 1. The van der Waals surface area contributed by atoms with Crippen molar-refractivity contribution in [1.82, 2.24) is 4.98 Å². The summed E-state index contributed by atoms with van der Waals surface area (Å²) in [4.78, 5) is 19.3. The van der Waals surface area contributed by atoms with Gasteiger partial charge in [-0.2, -0.15) is 0 Å². The predicted octanol–water partition coefficient (Wildman–Crippen LogP) is 2.73. The second-order valence-electron chi connectivity index (χ2n) is 6.55. The molecule has 130 valence electrons. The minimum atomic E-state index is -0.531.